The van der Waals surface area contributed by atoms with Crippen LogP contribution in [0.5, 0.6) is 11.5 Å². The Balaban J connectivity index is 0.00000312. The number of ether oxygens (including phenoxy) is 2. The minimum Gasteiger partial charge on any atom is -0.486 e. The molecule has 1 aromatic carbocycles. The molecule has 1 aromatic rings. The Morgan fingerprint density at radius 1 is 1.28 bits per heavy atom. The standard InChI is InChI=1S/C17H25N3O4.ClH/c1-3-20(17(22)7-4-12(2)18)11-16(21)19-13-5-6-14-15(10-13)24-9-8-23-14;/h5-6,10,12H,3-4,7-9,11,18H2,1-2H3,(H,19,21);1H. The van der Waals surface area contributed by atoms with Crippen LogP contribution in [0.25, 0.3) is 0 Å². The van der Waals surface area contributed by atoms with Crippen molar-refractivity contribution in [3.8, 4) is 11.5 Å². The predicted octanol–water partition coefficient (Wildman–Crippen LogP) is 1.79. The first kappa shape index (κ1) is 21.1. The fourth-order valence-corrected chi connectivity index (χ4v) is 2.38. The van der Waals surface area contributed by atoms with Gasteiger partial charge in [0, 0.05) is 30.8 Å². The van der Waals surface area contributed by atoms with Crippen molar-refractivity contribution in [3.05, 3.63) is 18.2 Å². The number of hydrogen-bond acceptors (Lipinski definition) is 5. The summed E-state index contributed by atoms with van der Waals surface area (Å²) in [6.07, 6.45) is 0.960. The maximum absolute atomic E-state index is 12.2. The molecule has 25 heavy (non-hydrogen) atoms. The Morgan fingerprint density at radius 3 is 2.60 bits per heavy atom. The molecule has 1 aliphatic heterocycles. The van der Waals surface area contributed by atoms with Crippen molar-refractivity contribution < 1.29 is 19.1 Å². The van der Waals surface area contributed by atoms with E-state index in [0.29, 0.717) is 49.8 Å². The number of hydrogen-bond donors (Lipinski definition) is 2. The monoisotopic (exact) mass is 371 g/mol. The molecule has 8 heteroatoms. The van der Waals surface area contributed by atoms with Gasteiger partial charge in [0.15, 0.2) is 11.5 Å². The Bertz CT molecular complexity index is 595. The van der Waals surface area contributed by atoms with Crippen molar-refractivity contribution in [1.82, 2.24) is 4.90 Å². The number of rotatable bonds is 7. The number of likely N-dealkylation sites (N-methyl/N-ethyl adjacent to an activating group) is 1. The van der Waals surface area contributed by atoms with Crippen LogP contribution in [0.15, 0.2) is 18.2 Å². The molecule has 1 heterocycles. The van der Waals surface area contributed by atoms with Crippen molar-refractivity contribution in [3.63, 3.8) is 0 Å². The lowest BCUT2D eigenvalue weighted by Crippen LogP contribution is -2.38. The molecule has 2 amide bonds. The molecule has 0 bridgehead atoms. The zero-order valence-electron chi connectivity index (χ0n) is 14.6. The van der Waals surface area contributed by atoms with E-state index in [9.17, 15) is 9.59 Å². The van der Waals surface area contributed by atoms with E-state index in [0.717, 1.165) is 0 Å². The number of nitrogens with zero attached hydrogens (tertiary/aromatic N) is 1. The fraction of sp³-hybridized carbons (Fsp3) is 0.529. The highest BCUT2D eigenvalue weighted by Gasteiger charge is 2.17. The number of benzene rings is 1. The van der Waals surface area contributed by atoms with Gasteiger partial charge in [-0.15, -0.1) is 12.4 Å². The summed E-state index contributed by atoms with van der Waals surface area (Å²) in [6.45, 7) is 5.21. The average molecular weight is 372 g/mol. The van der Waals surface area contributed by atoms with Crippen LogP contribution in [0.2, 0.25) is 0 Å². The number of halogens is 1. The van der Waals surface area contributed by atoms with Crippen molar-refractivity contribution in [2.45, 2.75) is 32.7 Å². The second-order valence-corrected chi connectivity index (χ2v) is 5.83. The van der Waals surface area contributed by atoms with Crippen LogP contribution >= 0.6 is 12.4 Å². The minimum absolute atomic E-state index is 0. The van der Waals surface area contributed by atoms with Gasteiger partial charge in [0.25, 0.3) is 0 Å². The SMILES string of the molecule is CCN(CC(=O)Nc1ccc2c(c1)OCCO2)C(=O)CCC(C)N.Cl. The maximum atomic E-state index is 12.2. The van der Waals surface area contributed by atoms with Crippen LogP contribution in [-0.2, 0) is 9.59 Å². The Kier molecular flexibility index (Phi) is 8.51. The van der Waals surface area contributed by atoms with E-state index in [4.69, 9.17) is 15.2 Å². The molecular weight excluding hydrogens is 346 g/mol. The second kappa shape index (κ2) is 10.1. The molecule has 0 radical (unpaired) electrons. The van der Waals surface area contributed by atoms with E-state index >= 15 is 0 Å². The topological polar surface area (TPSA) is 93.9 Å². The van der Waals surface area contributed by atoms with Gasteiger partial charge in [-0.3, -0.25) is 9.59 Å². The van der Waals surface area contributed by atoms with Crippen LogP contribution in [0.1, 0.15) is 26.7 Å². The molecule has 0 fully saturated rings. The van der Waals surface area contributed by atoms with Gasteiger partial charge in [-0.05, 0) is 32.4 Å². The van der Waals surface area contributed by atoms with E-state index in [-0.39, 0.29) is 36.8 Å². The number of amides is 2. The summed E-state index contributed by atoms with van der Waals surface area (Å²) < 4.78 is 10.9. The minimum atomic E-state index is -0.248. The lowest BCUT2D eigenvalue weighted by atomic mass is 10.2. The van der Waals surface area contributed by atoms with Gasteiger partial charge in [0.05, 0.1) is 6.54 Å². The normalized spacial score (nSPS) is 13.4. The first-order valence-electron chi connectivity index (χ1n) is 8.22. The highest BCUT2D eigenvalue weighted by molar-refractivity contribution is 5.94. The first-order valence-corrected chi connectivity index (χ1v) is 8.22. The summed E-state index contributed by atoms with van der Waals surface area (Å²) >= 11 is 0. The molecule has 0 aliphatic carbocycles. The van der Waals surface area contributed by atoms with Gasteiger partial charge in [-0.25, -0.2) is 0 Å². The van der Waals surface area contributed by atoms with E-state index in [2.05, 4.69) is 5.32 Å². The number of fused-ring (bicyclic) bond motifs is 1. The first-order chi connectivity index (χ1) is 11.5. The van der Waals surface area contributed by atoms with Crippen LogP contribution in [0, 0.1) is 0 Å². The third kappa shape index (κ3) is 6.43. The highest BCUT2D eigenvalue weighted by atomic mass is 35.5. The fourth-order valence-electron chi connectivity index (χ4n) is 2.38. The second-order valence-electron chi connectivity index (χ2n) is 5.83. The summed E-state index contributed by atoms with van der Waals surface area (Å²) in [5, 5.41) is 2.78. The number of anilines is 1. The Labute approximate surface area is 154 Å². The predicted molar refractivity (Wildman–Crippen MR) is 98.4 cm³/mol. The summed E-state index contributed by atoms with van der Waals surface area (Å²) in [7, 11) is 0. The molecule has 0 saturated carbocycles. The number of nitrogens with two attached hydrogens (primary N) is 1. The van der Waals surface area contributed by atoms with Crippen LogP contribution < -0.4 is 20.5 Å². The highest BCUT2D eigenvalue weighted by Crippen LogP contribution is 2.32. The summed E-state index contributed by atoms with van der Waals surface area (Å²) in [6, 6.07) is 5.20. The van der Waals surface area contributed by atoms with Crippen molar-refractivity contribution in [2.75, 3.05) is 31.6 Å². The molecule has 3 N–H and O–H groups in total. The molecule has 1 aliphatic rings. The molecule has 1 atom stereocenters. The molecule has 0 aromatic heterocycles. The average Bonchev–Trinajstić information content (AvgIpc) is 2.57. The Morgan fingerprint density at radius 2 is 1.96 bits per heavy atom. The summed E-state index contributed by atoms with van der Waals surface area (Å²) in [5.74, 6) is 0.967. The van der Waals surface area contributed by atoms with Crippen molar-refractivity contribution >= 4 is 29.9 Å². The van der Waals surface area contributed by atoms with Gasteiger partial charge in [-0.2, -0.15) is 0 Å². The lowest BCUT2D eigenvalue weighted by Gasteiger charge is -2.21. The van der Waals surface area contributed by atoms with Gasteiger partial charge < -0.3 is 25.4 Å². The van der Waals surface area contributed by atoms with E-state index < -0.39 is 0 Å². The van der Waals surface area contributed by atoms with Crippen LogP contribution in [-0.4, -0.2) is 49.1 Å². The van der Waals surface area contributed by atoms with Crippen molar-refractivity contribution in [1.29, 1.82) is 0 Å². The Hall–Kier alpha value is -1.99. The molecule has 7 nitrogen and oxygen atoms in total. The number of carbonyl (C=O) groups excluding carboxylic acids is 2. The third-order valence-corrected chi connectivity index (χ3v) is 3.71. The smallest absolute Gasteiger partial charge is 0.243 e. The van der Waals surface area contributed by atoms with Gasteiger partial charge in [0.2, 0.25) is 11.8 Å². The number of nitrogens with one attached hydrogen (secondary N) is 1. The summed E-state index contributed by atoms with van der Waals surface area (Å²) in [5.41, 5.74) is 6.28. The zero-order chi connectivity index (χ0) is 17.5. The molecule has 140 valence electrons. The lowest BCUT2D eigenvalue weighted by molar-refractivity contribution is -0.134. The third-order valence-electron chi connectivity index (χ3n) is 3.71. The van der Waals surface area contributed by atoms with E-state index in [1.54, 1.807) is 18.2 Å². The van der Waals surface area contributed by atoms with Crippen LogP contribution in [0.3, 0.4) is 0 Å². The zero-order valence-corrected chi connectivity index (χ0v) is 15.4. The molecule has 0 saturated heterocycles. The molecular formula is C17H26ClN3O4. The number of carbonyl (C=O) groups is 2. The van der Waals surface area contributed by atoms with E-state index in [1.807, 2.05) is 13.8 Å². The molecule has 1 unspecified atom stereocenters. The summed E-state index contributed by atoms with van der Waals surface area (Å²) in [4.78, 5) is 25.8. The quantitative estimate of drug-likeness (QED) is 0.762. The van der Waals surface area contributed by atoms with Crippen molar-refractivity contribution in [2.24, 2.45) is 5.73 Å². The molecule has 0 spiro atoms. The van der Waals surface area contributed by atoms with Gasteiger partial charge in [-0.1, -0.05) is 0 Å². The largest absolute Gasteiger partial charge is 0.486 e. The van der Waals surface area contributed by atoms with E-state index in [1.165, 1.54) is 4.90 Å². The molecule has 2 rings (SSSR count). The van der Waals surface area contributed by atoms with Gasteiger partial charge >= 0.3 is 0 Å². The maximum Gasteiger partial charge on any atom is 0.243 e. The van der Waals surface area contributed by atoms with Gasteiger partial charge in [0.1, 0.15) is 13.2 Å². The van der Waals surface area contributed by atoms with Crippen LogP contribution in [0.4, 0.5) is 5.69 Å².